The van der Waals surface area contributed by atoms with Gasteiger partial charge in [-0.25, -0.2) is 10.2 Å². The van der Waals surface area contributed by atoms with Gasteiger partial charge in [0.1, 0.15) is 5.60 Å². The molecule has 2 atom stereocenters. The van der Waals surface area contributed by atoms with E-state index in [1.165, 1.54) is 0 Å². The summed E-state index contributed by atoms with van der Waals surface area (Å²) in [4.78, 5) is 2.36. The Labute approximate surface area is 120 Å². The topological polar surface area (TPSA) is 52.1 Å². The standard InChI is InChI=1S/C14H21N3O.ClH/c18-14(12-5-2-1-3-6-12)7-4-10-17(11-14)13-15-8-9-16-13;/h1-3,5-6,13,15-16,18H,4,7-11H2;1H. The second-order valence-corrected chi connectivity index (χ2v) is 5.39. The number of nitrogens with zero attached hydrogens (tertiary/aromatic N) is 1. The molecule has 2 unspecified atom stereocenters. The number of hydrogen-bond donors (Lipinski definition) is 3. The third kappa shape index (κ3) is 3.09. The molecule has 106 valence electrons. The highest BCUT2D eigenvalue weighted by Gasteiger charge is 2.39. The molecular weight excluding hydrogens is 262 g/mol. The van der Waals surface area contributed by atoms with E-state index in [1.807, 2.05) is 30.3 Å². The van der Waals surface area contributed by atoms with Gasteiger partial charge in [0.25, 0.3) is 0 Å². The maximum Gasteiger partial charge on any atom is 0.199 e. The zero-order valence-corrected chi connectivity index (χ0v) is 11.8. The van der Waals surface area contributed by atoms with Crippen molar-refractivity contribution in [3.63, 3.8) is 0 Å². The smallest absolute Gasteiger partial charge is 0.199 e. The third-order valence-electron chi connectivity index (χ3n) is 4.09. The molecule has 5 heteroatoms. The number of benzene rings is 1. The van der Waals surface area contributed by atoms with E-state index in [0.29, 0.717) is 6.29 Å². The van der Waals surface area contributed by atoms with Crippen LogP contribution in [-0.4, -0.2) is 42.5 Å². The maximum atomic E-state index is 10.9. The van der Waals surface area contributed by atoms with E-state index in [2.05, 4.69) is 15.5 Å². The van der Waals surface area contributed by atoms with Crippen molar-refractivity contribution in [2.45, 2.75) is 24.7 Å². The third-order valence-corrected chi connectivity index (χ3v) is 4.09. The van der Waals surface area contributed by atoms with Crippen LogP contribution in [0.1, 0.15) is 18.4 Å². The second kappa shape index (κ2) is 6.20. The van der Waals surface area contributed by atoms with Gasteiger partial charge >= 0.3 is 0 Å². The molecule has 4 N–H and O–H groups in total. The monoisotopic (exact) mass is 283 g/mol. The first-order chi connectivity index (χ1) is 8.78. The summed E-state index contributed by atoms with van der Waals surface area (Å²) < 4.78 is 0. The Morgan fingerprint density at radius 2 is 2.11 bits per heavy atom. The highest BCUT2D eigenvalue weighted by atomic mass is 35.5. The van der Waals surface area contributed by atoms with E-state index in [4.69, 9.17) is 0 Å². The molecule has 2 fully saturated rings. The van der Waals surface area contributed by atoms with Gasteiger partial charge in [-0.3, -0.25) is 0 Å². The summed E-state index contributed by atoms with van der Waals surface area (Å²) >= 11 is 0. The minimum atomic E-state index is -0.683. The lowest BCUT2D eigenvalue weighted by molar-refractivity contribution is -0.692. The highest BCUT2D eigenvalue weighted by Crippen LogP contribution is 2.31. The second-order valence-electron chi connectivity index (χ2n) is 5.39. The largest absolute Gasteiger partial charge is 1.00 e. The molecule has 2 aliphatic rings. The van der Waals surface area contributed by atoms with Crippen molar-refractivity contribution in [1.82, 2.24) is 10.2 Å². The van der Waals surface area contributed by atoms with Gasteiger partial charge in [0, 0.05) is 13.1 Å². The quantitative estimate of drug-likeness (QED) is 0.526. The molecule has 19 heavy (non-hydrogen) atoms. The van der Waals surface area contributed by atoms with Crippen LogP contribution in [0.25, 0.3) is 0 Å². The summed E-state index contributed by atoms with van der Waals surface area (Å²) in [5.41, 5.74) is 0.366. The Bertz CT molecular complexity index is 397. The van der Waals surface area contributed by atoms with Gasteiger partial charge in [0.15, 0.2) is 6.29 Å². The average molecular weight is 284 g/mol. The molecule has 0 bridgehead atoms. The first-order valence-corrected chi connectivity index (χ1v) is 6.87. The summed E-state index contributed by atoms with van der Waals surface area (Å²) in [6.45, 7) is 3.99. The molecule has 0 spiro atoms. The van der Waals surface area contributed by atoms with E-state index >= 15 is 0 Å². The predicted octanol–water partition coefficient (Wildman–Crippen LogP) is -3.58. The van der Waals surface area contributed by atoms with Crippen LogP contribution in [0.15, 0.2) is 30.3 Å². The molecule has 0 aliphatic carbocycles. The molecule has 0 radical (unpaired) electrons. The SMILES string of the molecule is OC1(c2ccccc2)CCCN(C2NCC[NH2+]2)C1.[Cl-]. The fraction of sp³-hybridized carbons (Fsp3) is 0.571. The minimum Gasteiger partial charge on any atom is -1.00 e. The Morgan fingerprint density at radius 1 is 1.32 bits per heavy atom. The first-order valence-electron chi connectivity index (χ1n) is 6.87. The number of nitrogens with one attached hydrogen (secondary N) is 1. The number of halogens is 1. The summed E-state index contributed by atoms with van der Waals surface area (Å²) in [7, 11) is 0. The summed E-state index contributed by atoms with van der Waals surface area (Å²) in [5, 5.41) is 16.7. The number of nitrogens with two attached hydrogens (primary N) is 1. The highest BCUT2D eigenvalue weighted by molar-refractivity contribution is 5.23. The fourth-order valence-corrected chi connectivity index (χ4v) is 3.12. The number of aliphatic hydroxyl groups is 1. The van der Waals surface area contributed by atoms with Crippen molar-refractivity contribution in [2.75, 3.05) is 26.2 Å². The lowest BCUT2D eigenvalue weighted by Crippen LogP contribution is -3.00. The van der Waals surface area contributed by atoms with Crippen LogP contribution >= 0.6 is 0 Å². The van der Waals surface area contributed by atoms with Crippen LogP contribution in [0.4, 0.5) is 0 Å². The average Bonchev–Trinajstić information content (AvgIpc) is 2.94. The molecule has 0 saturated carbocycles. The number of rotatable bonds is 2. The van der Waals surface area contributed by atoms with Gasteiger partial charge in [-0.05, 0) is 18.4 Å². The number of hydrogen-bond acceptors (Lipinski definition) is 3. The summed E-state index contributed by atoms with van der Waals surface area (Å²) in [5.74, 6) is 0. The Balaban J connectivity index is 0.00000133. The van der Waals surface area contributed by atoms with Crippen molar-refractivity contribution < 1.29 is 22.8 Å². The van der Waals surface area contributed by atoms with Crippen LogP contribution < -0.4 is 23.0 Å². The normalized spacial score (nSPS) is 31.9. The van der Waals surface area contributed by atoms with Gasteiger partial charge in [-0.1, -0.05) is 30.3 Å². The molecule has 2 aliphatic heterocycles. The molecular formula is C14H22ClN3O. The van der Waals surface area contributed by atoms with Crippen molar-refractivity contribution >= 4 is 0 Å². The number of piperidine rings is 1. The van der Waals surface area contributed by atoms with Crippen molar-refractivity contribution in [3.05, 3.63) is 35.9 Å². The molecule has 1 aromatic carbocycles. The summed E-state index contributed by atoms with van der Waals surface area (Å²) in [6.07, 6.45) is 2.26. The van der Waals surface area contributed by atoms with Crippen LogP contribution in [0, 0.1) is 0 Å². The van der Waals surface area contributed by atoms with E-state index in [9.17, 15) is 5.11 Å². The van der Waals surface area contributed by atoms with E-state index < -0.39 is 5.60 Å². The molecule has 2 heterocycles. The van der Waals surface area contributed by atoms with Crippen molar-refractivity contribution in [3.8, 4) is 0 Å². The first kappa shape index (κ1) is 14.8. The Hall–Kier alpha value is -0.650. The summed E-state index contributed by atoms with van der Waals surface area (Å²) in [6, 6.07) is 10.1. The fourth-order valence-electron chi connectivity index (χ4n) is 3.12. The maximum absolute atomic E-state index is 10.9. The molecule has 2 saturated heterocycles. The zero-order valence-electron chi connectivity index (χ0n) is 11.1. The predicted molar refractivity (Wildman–Crippen MR) is 69.7 cm³/mol. The van der Waals surface area contributed by atoms with Gasteiger partial charge < -0.3 is 22.8 Å². The Morgan fingerprint density at radius 3 is 2.79 bits per heavy atom. The molecule has 4 nitrogen and oxygen atoms in total. The van der Waals surface area contributed by atoms with Crippen LogP contribution in [0.2, 0.25) is 0 Å². The zero-order chi connectivity index (χ0) is 12.4. The minimum absolute atomic E-state index is 0. The van der Waals surface area contributed by atoms with E-state index in [0.717, 1.165) is 44.6 Å². The number of likely N-dealkylation sites (tertiary alicyclic amines) is 1. The van der Waals surface area contributed by atoms with Crippen LogP contribution in [0.5, 0.6) is 0 Å². The molecule has 1 aromatic rings. The van der Waals surface area contributed by atoms with Crippen molar-refractivity contribution in [1.29, 1.82) is 0 Å². The lowest BCUT2D eigenvalue weighted by atomic mass is 9.86. The number of β-amino-alcohol motifs (C(OH)–C–C–N with tert-alkyl or cyclic N) is 1. The number of quaternary nitrogens is 1. The molecule has 3 rings (SSSR count). The van der Waals surface area contributed by atoms with Crippen molar-refractivity contribution in [2.24, 2.45) is 0 Å². The Kier molecular flexibility index (Phi) is 4.81. The van der Waals surface area contributed by atoms with Gasteiger partial charge in [-0.2, -0.15) is 0 Å². The lowest BCUT2D eigenvalue weighted by Gasteiger charge is -2.40. The van der Waals surface area contributed by atoms with E-state index in [1.54, 1.807) is 0 Å². The van der Waals surface area contributed by atoms with Crippen LogP contribution in [-0.2, 0) is 5.60 Å². The van der Waals surface area contributed by atoms with E-state index in [-0.39, 0.29) is 12.4 Å². The van der Waals surface area contributed by atoms with Gasteiger partial charge in [-0.15, -0.1) is 0 Å². The van der Waals surface area contributed by atoms with Crippen LogP contribution in [0.3, 0.4) is 0 Å². The van der Waals surface area contributed by atoms with Gasteiger partial charge in [0.2, 0.25) is 0 Å². The van der Waals surface area contributed by atoms with Gasteiger partial charge in [0.05, 0.1) is 13.1 Å². The molecule has 0 aromatic heterocycles. The molecule has 0 amide bonds.